The fraction of sp³-hybridized carbons (Fsp3) is 0. The van der Waals surface area contributed by atoms with Gasteiger partial charge in [0.1, 0.15) is 22.3 Å². The quantitative estimate of drug-likeness (QED) is 0.177. The van der Waals surface area contributed by atoms with Crippen LogP contribution in [0.5, 0.6) is 0 Å². The Bertz CT molecular complexity index is 3080. The molecule has 230 valence electrons. The van der Waals surface area contributed by atoms with E-state index in [0.717, 1.165) is 55.0 Å². The average molecular weight is 635 g/mol. The molecule has 2 heterocycles. The summed E-state index contributed by atoms with van der Waals surface area (Å²) in [5.41, 5.74) is 8.38. The molecule has 0 saturated carbocycles. The highest BCUT2D eigenvalue weighted by Crippen LogP contribution is 2.42. The summed E-state index contributed by atoms with van der Waals surface area (Å²) in [6.07, 6.45) is 0. The zero-order valence-corrected chi connectivity index (χ0v) is 26.8. The number of hydrogen-bond donors (Lipinski definition) is 0. The van der Waals surface area contributed by atoms with Gasteiger partial charge in [-0.15, -0.1) is 0 Å². The molecule has 12 rings (SSSR count). The summed E-state index contributed by atoms with van der Waals surface area (Å²) >= 11 is 0. The van der Waals surface area contributed by atoms with Crippen molar-refractivity contribution in [3.05, 3.63) is 158 Å². The van der Waals surface area contributed by atoms with Crippen LogP contribution in [0.4, 0.5) is 0 Å². The molecule has 0 bridgehead atoms. The topological polar surface area (TPSA) is 26.3 Å². The van der Waals surface area contributed by atoms with Gasteiger partial charge in [-0.25, -0.2) is 0 Å². The summed E-state index contributed by atoms with van der Waals surface area (Å²) in [7, 11) is 0. The Hall–Kier alpha value is -6.64. The molecule has 0 saturated heterocycles. The summed E-state index contributed by atoms with van der Waals surface area (Å²) in [5, 5.41) is 17.1. The van der Waals surface area contributed by atoms with E-state index >= 15 is 0 Å². The van der Waals surface area contributed by atoms with E-state index in [1.807, 2.05) is 0 Å². The first-order chi connectivity index (χ1) is 24.7. The van der Waals surface area contributed by atoms with E-state index in [-0.39, 0.29) is 0 Å². The first-order valence-electron chi connectivity index (χ1n) is 17.1. The molecule has 10 aromatic carbocycles. The monoisotopic (exact) mass is 634 g/mol. The minimum Gasteiger partial charge on any atom is -0.456 e. The van der Waals surface area contributed by atoms with Crippen molar-refractivity contribution in [1.29, 1.82) is 0 Å². The molecule has 2 aromatic heterocycles. The molecule has 0 aliphatic carbocycles. The number of benzene rings is 10. The van der Waals surface area contributed by atoms with Crippen LogP contribution in [0.2, 0.25) is 0 Å². The van der Waals surface area contributed by atoms with E-state index in [4.69, 9.17) is 8.83 Å². The summed E-state index contributed by atoms with van der Waals surface area (Å²) in [6.45, 7) is 0. The Balaban J connectivity index is 0.969. The van der Waals surface area contributed by atoms with Crippen LogP contribution in [0.1, 0.15) is 0 Å². The number of fused-ring (bicyclic) bond motifs is 8. The molecule has 0 unspecified atom stereocenters. The highest BCUT2D eigenvalue weighted by molar-refractivity contribution is 6.25. The lowest BCUT2D eigenvalue weighted by molar-refractivity contribution is 0.669. The van der Waals surface area contributed by atoms with Gasteiger partial charge in [-0.2, -0.15) is 0 Å². The lowest BCUT2D eigenvalue weighted by Gasteiger charge is -2.14. The van der Waals surface area contributed by atoms with Crippen LogP contribution >= 0.6 is 0 Å². The van der Waals surface area contributed by atoms with Crippen molar-refractivity contribution in [2.24, 2.45) is 0 Å². The zero-order valence-electron chi connectivity index (χ0n) is 26.8. The predicted molar refractivity (Wildman–Crippen MR) is 211 cm³/mol. The molecule has 0 radical (unpaired) electrons. The van der Waals surface area contributed by atoms with E-state index in [2.05, 4.69) is 158 Å². The van der Waals surface area contributed by atoms with Crippen molar-refractivity contribution in [1.82, 2.24) is 0 Å². The maximum atomic E-state index is 6.42. The molecule has 12 aromatic rings. The maximum Gasteiger partial charge on any atom is 0.136 e. The molecule has 0 amide bonds. The minimum absolute atomic E-state index is 0.916. The Morgan fingerprint density at radius 3 is 1.00 bits per heavy atom. The molecule has 0 N–H and O–H groups in total. The summed E-state index contributed by atoms with van der Waals surface area (Å²) in [6, 6.07) is 57.4. The van der Waals surface area contributed by atoms with Crippen molar-refractivity contribution in [2.75, 3.05) is 0 Å². The highest BCUT2D eigenvalue weighted by atomic mass is 16.3. The third-order valence-electron chi connectivity index (χ3n) is 10.9. The van der Waals surface area contributed by atoms with Crippen LogP contribution in [0, 0.1) is 0 Å². The average Bonchev–Trinajstić information content (AvgIpc) is 3.70. The van der Waals surface area contributed by atoms with Gasteiger partial charge in [0.2, 0.25) is 0 Å². The fourth-order valence-electron chi connectivity index (χ4n) is 8.45. The summed E-state index contributed by atoms with van der Waals surface area (Å²) in [4.78, 5) is 0. The van der Waals surface area contributed by atoms with Crippen LogP contribution in [0.15, 0.2) is 167 Å². The first-order valence-corrected chi connectivity index (χ1v) is 17.1. The lowest BCUT2D eigenvalue weighted by Crippen LogP contribution is -1.87. The second-order valence-electron chi connectivity index (χ2n) is 13.7. The molecule has 2 heteroatoms. The molecular formula is C48H26O2. The molecule has 0 spiro atoms. The Morgan fingerprint density at radius 1 is 0.240 bits per heavy atom. The summed E-state index contributed by atoms with van der Waals surface area (Å²) < 4.78 is 12.8. The van der Waals surface area contributed by atoms with Crippen molar-refractivity contribution in [2.45, 2.75) is 0 Å². The van der Waals surface area contributed by atoms with E-state index in [1.165, 1.54) is 65.0 Å². The van der Waals surface area contributed by atoms with Gasteiger partial charge in [0.25, 0.3) is 0 Å². The van der Waals surface area contributed by atoms with Gasteiger partial charge in [0.05, 0.1) is 0 Å². The van der Waals surface area contributed by atoms with Gasteiger partial charge in [-0.05, 0) is 149 Å². The maximum absolute atomic E-state index is 6.42. The summed E-state index contributed by atoms with van der Waals surface area (Å²) in [5.74, 6) is 0. The van der Waals surface area contributed by atoms with Crippen molar-refractivity contribution < 1.29 is 8.83 Å². The van der Waals surface area contributed by atoms with Crippen LogP contribution in [0.25, 0.3) is 120 Å². The third kappa shape index (κ3) is 3.68. The number of furan rings is 2. The standard InChI is InChI=1S/C48H26O2/c1-3-7-29-23-45-41(21-27(29)5-1)39-15-13-31(25-43(39)49-45)37-17-33-9-11-35-19-38(20-36-12-10-34(18-37)47(33)48(35)36)32-14-16-40-42-22-28-6-2-4-8-30(28)24-46(42)50-44(40)26-32/h1-26H. The van der Waals surface area contributed by atoms with Crippen LogP contribution in [-0.4, -0.2) is 0 Å². The Morgan fingerprint density at radius 2 is 0.600 bits per heavy atom. The lowest BCUT2D eigenvalue weighted by atomic mass is 9.89. The van der Waals surface area contributed by atoms with Crippen LogP contribution in [-0.2, 0) is 0 Å². The van der Waals surface area contributed by atoms with Crippen LogP contribution in [0.3, 0.4) is 0 Å². The van der Waals surface area contributed by atoms with Crippen molar-refractivity contribution >= 4 is 97.7 Å². The van der Waals surface area contributed by atoms with Crippen LogP contribution < -0.4 is 0 Å². The first kappa shape index (κ1) is 26.3. The highest BCUT2D eigenvalue weighted by Gasteiger charge is 2.15. The predicted octanol–water partition coefficient (Wildman–Crippen LogP) is 14.0. The van der Waals surface area contributed by atoms with Gasteiger partial charge < -0.3 is 8.83 Å². The van der Waals surface area contributed by atoms with E-state index in [0.29, 0.717) is 0 Å². The van der Waals surface area contributed by atoms with Crippen molar-refractivity contribution in [3.8, 4) is 22.3 Å². The van der Waals surface area contributed by atoms with Gasteiger partial charge in [0, 0.05) is 21.5 Å². The third-order valence-corrected chi connectivity index (χ3v) is 10.9. The molecular weight excluding hydrogens is 609 g/mol. The second kappa shape index (κ2) is 9.49. The largest absolute Gasteiger partial charge is 0.456 e. The number of hydrogen-bond acceptors (Lipinski definition) is 2. The van der Waals surface area contributed by atoms with E-state index < -0.39 is 0 Å². The molecule has 0 fully saturated rings. The normalized spacial score (nSPS) is 12.4. The van der Waals surface area contributed by atoms with Gasteiger partial charge in [0.15, 0.2) is 0 Å². The van der Waals surface area contributed by atoms with Gasteiger partial charge in [-0.1, -0.05) is 84.9 Å². The molecule has 0 aliphatic rings. The number of rotatable bonds is 2. The molecule has 0 atom stereocenters. The zero-order chi connectivity index (χ0) is 32.5. The minimum atomic E-state index is 0.916. The SMILES string of the molecule is c1ccc2cc3c(cc2c1)oc1cc(-c2cc4ccc5cc(-c6ccc7c(c6)oc6cc8ccccc8cc67)cc6ccc(c2)c4c56)ccc13. The smallest absolute Gasteiger partial charge is 0.136 e. The molecule has 50 heavy (non-hydrogen) atoms. The molecule has 0 aliphatic heterocycles. The van der Waals surface area contributed by atoms with Gasteiger partial charge >= 0.3 is 0 Å². The molecule has 2 nitrogen and oxygen atoms in total. The van der Waals surface area contributed by atoms with Crippen molar-refractivity contribution in [3.63, 3.8) is 0 Å². The fourth-order valence-corrected chi connectivity index (χ4v) is 8.45. The second-order valence-corrected chi connectivity index (χ2v) is 13.7. The Kier molecular flexibility index (Phi) is 5.00. The van der Waals surface area contributed by atoms with E-state index in [9.17, 15) is 0 Å². The Labute approximate surface area is 285 Å². The van der Waals surface area contributed by atoms with E-state index in [1.54, 1.807) is 0 Å². The van der Waals surface area contributed by atoms with Gasteiger partial charge in [-0.3, -0.25) is 0 Å².